The van der Waals surface area contributed by atoms with Gasteiger partial charge in [0.1, 0.15) is 5.82 Å². The Kier molecular flexibility index (Phi) is 5.55. The highest BCUT2D eigenvalue weighted by Crippen LogP contribution is 2.55. The fourth-order valence-electron chi connectivity index (χ4n) is 5.98. The number of benzene rings is 2. The van der Waals surface area contributed by atoms with Crippen LogP contribution in [0.5, 0.6) is 5.88 Å². The molecule has 1 amide bonds. The van der Waals surface area contributed by atoms with Crippen molar-refractivity contribution < 1.29 is 13.9 Å². The molecule has 5 nitrogen and oxygen atoms in total. The van der Waals surface area contributed by atoms with Gasteiger partial charge < -0.3 is 14.6 Å². The highest BCUT2D eigenvalue weighted by atomic mass is 19.1. The second kappa shape index (κ2) is 8.77. The van der Waals surface area contributed by atoms with E-state index in [9.17, 15) is 9.18 Å². The van der Waals surface area contributed by atoms with Crippen LogP contribution < -0.4 is 10.1 Å². The average Bonchev–Trinajstić information content (AvgIpc) is 3.31. The number of fused-ring (bicyclic) bond motifs is 1. The van der Waals surface area contributed by atoms with Crippen LogP contribution in [0, 0.1) is 11.2 Å². The second-order valence-corrected chi connectivity index (χ2v) is 10.4. The third-order valence-corrected chi connectivity index (χ3v) is 8.27. The second-order valence-electron chi connectivity index (χ2n) is 10.4. The molecule has 2 aromatic heterocycles. The van der Waals surface area contributed by atoms with Gasteiger partial charge in [-0.2, -0.15) is 0 Å². The normalized spacial score (nSPS) is 17.4. The van der Waals surface area contributed by atoms with Gasteiger partial charge in [0, 0.05) is 35.5 Å². The smallest absolute Gasteiger partial charge is 0.253 e. The summed E-state index contributed by atoms with van der Waals surface area (Å²) in [7, 11) is 1.60. The molecule has 184 valence electrons. The highest BCUT2D eigenvalue weighted by molar-refractivity contribution is 6.06. The van der Waals surface area contributed by atoms with Gasteiger partial charge in [0.15, 0.2) is 0 Å². The molecule has 2 saturated carbocycles. The summed E-state index contributed by atoms with van der Waals surface area (Å²) >= 11 is 0. The van der Waals surface area contributed by atoms with Crippen LogP contribution in [-0.2, 0) is 0 Å². The molecule has 0 aliphatic heterocycles. The Balaban J connectivity index is 1.27. The van der Waals surface area contributed by atoms with E-state index in [1.54, 1.807) is 25.4 Å². The van der Waals surface area contributed by atoms with Crippen LogP contribution in [0.2, 0.25) is 0 Å². The van der Waals surface area contributed by atoms with Crippen LogP contribution in [-0.4, -0.2) is 28.6 Å². The molecule has 0 bridgehead atoms. The highest BCUT2D eigenvalue weighted by Gasteiger charge is 2.48. The third-order valence-electron chi connectivity index (χ3n) is 8.27. The van der Waals surface area contributed by atoms with Crippen molar-refractivity contribution in [2.75, 3.05) is 7.11 Å². The maximum absolute atomic E-state index is 14.7. The first-order chi connectivity index (χ1) is 17.5. The zero-order valence-corrected chi connectivity index (χ0v) is 20.6. The van der Waals surface area contributed by atoms with Crippen LogP contribution in [0.3, 0.4) is 0 Å². The SMILES string of the molecule is COc1ccc(-c2ccc([C@@H](C)n3ccc4c(F)ccc(C(=O)NC5CC6(CCC6)C5)c43)cc2)cn1. The molecule has 2 fully saturated rings. The van der Waals surface area contributed by atoms with Gasteiger partial charge in [-0.15, -0.1) is 0 Å². The summed E-state index contributed by atoms with van der Waals surface area (Å²) in [6.45, 7) is 2.07. The van der Waals surface area contributed by atoms with Crippen molar-refractivity contribution in [1.29, 1.82) is 0 Å². The number of halogens is 1. The fraction of sp³-hybridized carbons (Fsp3) is 0.333. The van der Waals surface area contributed by atoms with Crippen molar-refractivity contribution in [2.24, 2.45) is 5.41 Å². The molecule has 2 heterocycles. The van der Waals surface area contributed by atoms with Gasteiger partial charge in [-0.1, -0.05) is 30.7 Å². The van der Waals surface area contributed by atoms with E-state index in [1.165, 1.54) is 25.3 Å². The Morgan fingerprint density at radius 3 is 2.47 bits per heavy atom. The largest absolute Gasteiger partial charge is 0.481 e. The molecular weight excluding hydrogens is 453 g/mol. The maximum atomic E-state index is 14.7. The zero-order chi connectivity index (χ0) is 24.9. The number of methoxy groups -OCH3 is 1. The van der Waals surface area contributed by atoms with E-state index in [4.69, 9.17) is 4.74 Å². The van der Waals surface area contributed by atoms with Gasteiger partial charge in [-0.05, 0) is 73.4 Å². The Morgan fingerprint density at radius 1 is 1.08 bits per heavy atom. The number of carbonyl (C=O) groups is 1. The maximum Gasteiger partial charge on any atom is 0.253 e. The van der Waals surface area contributed by atoms with E-state index in [-0.39, 0.29) is 23.8 Å². The van der Waals surface area contributed by atoms with Gasteiger partial charge in [0.05, 0.1) is 24.2 Å². The number of rotatable bonds is 6. The standard InChI is InChI=1S/C30H30FN3O2/c1-19(20-4-6-21(7-5-20)22-8-11-27(36-2)32-18-22)34-15-12-24-26(31)10-9-25(28(24)34)29(35)33-23-16-30(17-23)13-3-14-30/h4-12,15,18-19,23H,3,13-14,16-17H2,1-2H3,(H,33,35)/t19-/m1/s1. The molecular formula is C30H30FN3O2. The number of aromatic nitrogens is 2. The van der Waals surface area contributed by atoms with Gasteiger partial charge in [0.25, 0.3) is 5.91 Å². The van der Waals surface area contributed by atoms with E-state index < -0.39 is 0 Å². The molecule has 2 aromatic carbocycles. The fourth-order valence-corrected chi connectivity index (χ4v) is 5.98. The summed E-state index contributed by atoms with van der Waals surface area (Å²) in [6.07, 6.45) is 9.68. The number of pyridine rings is 1. The minimum Gasteiger partial charge on any atom is -0.481 e. The van der Waals surface area contributed by atoms with Crippen LogP contribution in [0.15, 0.2) is 67.0 Å². The molecule has 1 spiro atoms. The number of nitrogens with one attached hydrogen (secondary N) is 1. The summed E-state index contributed by atoms with van der Waals surface area (Å²) < 4.78 is 21.9. The topological polar surface area (TPSA) is 56.1 Å². The average molecular weight is 484 g/mol. The summed E-state index contributed by atoms with van der Waals surface area (Å²) in [5.41, 5.74) is 4.77. The van der Waals surface area contributed by atoms with Crippen molar-refractivity contribution >= 4 is 16.8 Å². The summed E-state index contributed by atoms with van der Waals surface area (Å²) in [4.78, 5) is 17.6. The summed E-state index contributed by atoms with van der Waals surface area (Å²) in [5.74, 6) is 0.149. The monoisotopic (exact) mass is 483 g/mol. The lowest BCUT2D eigenvalue weighted by Crippen LogP contribution is -2.53. The predicted octanol–water partition coefficient (Wildman–Crippen LogP) is 6.52. The Morgan fingerprint density at radius 2 is 1.83 bits per heavy atom. The zero-order valence-electron chi connectivity index (χ0n) is 20.6. The van der Waals surface area contributed by atoms with E-state index >= 15 is 0 Å². The van der Waals surface area contributed by atoms with Crippen molar-refractivity contribution in [3.05, 3.63) is 83.9 Å². The first kappa shape index (κ1) is 22.8. The van der Waals surface area contributed by atoms with Crippen LogP contribution in [0.1, 0.15) is 61.0 Å². The van der Waals surface area contributed by atoms with Gasteiger partial charge in [-0.3, -0.25) is 4.79 Å². The van der Waals surface area contributed by atoms with Gasteiger partial charge in [-0.25, -0.2) is 9.37 Å². The first-order valence-electron chi connectivity index (χ1n) is 12.7. The number of ether oxygens (including phenoxy) is 1. The van der Waals surface area contributed by atoms with Crippen molar-refractivity contribution in [2.45, 2.75) is 51.1 Å². The number of hydrogen-bond acceptors (Lipinski definition) is 3. The Hall–Kier alpha value is -3.67. The quantitative estimate of drug-likeness (QED) is 0.340. The van der Waals surface area contributed by atoms with Crippen molar-refractivity contribution in [3.63, 3.8) is 0 Å². The minimum absolute atomic E-state index is 0.0826. The molecule has 0 unspecified atom stereocenters. The lowest BCUT2D eigenvalue weighted by atomic mass is 9.54. The molecule has 6 heteroatoms. The lowest BCUT2D eigenvalue weighted by molar-refractivity contribution is -0.000603. The van der Waals surface area contributed by atoms with E-state index in [1.807, 2.05) is 22.9 Å². The molecule has 6 rings (SSSR count). The third kappa shape index (κ3) is 3.85. The molecule has 36 heavy (non-hydrogen) atoms. The van der Waals surface area contributed by atoms with Gasteiger partial charge in [0.2, 0.25) is 5.88 Å². The van der Waals surface area contributed by atoms with Crippen molar-refractivity contribution in [1.82, 2.24) is 14.9 Å². The molecule has 4 aromatic rings. The summed E-state index contributed by atoms with van der Waals surface area (Å²) in [6, 6.07) is 17.0. The van der Waals surface area contributed by atoms with E-state index in [0.717, 1.165) is 29.5 Å². The molecule has 2 aliphatic rings. The van der Waals surface area contributed by atoms with Crippen LogP contribution in [0.4, 0.5) is 4.39 Å². The molecule has 1 atom stereocenters. The lowest BCUT2D eigenvalue weighted by Gasteiger charge is -2.54. The Bertz CT molecular complexity index is 1410. The predicted molar refractivity (Wildman–Crippen MR) is 139 cm³/mol. The number of carbonyl (C=O) groups excluding carboxylic acids is 1. The molecule has 0 saturated heterocycles. The van der Waals surface area contributed by atoms with E-state index in [0.29, 0.717) is 27.8 Å². The molecule has 1 N–H and O–H groups in total. The van der Waals surface area contributed by atoms with Crippen LogP contribution in [0.25, 0.3) is 22.0 Å². The Labute approximate surface area is 210 Å². The summed E-state index contributed by atoms with van der Waals surface area (Å²) in [5, 5.41) is 3.68. The van der Waals surface area contributed by atoms with Crippen LogP contribution >= 0.6 is 0 Å². The first-order valence-corrected chi connectivity index (χ1v) is 12.7. The van der Waals surface area contributed by atoms with E-state index in [2.05, 4.69) is 41.5 Å². The molecule has 0 radical (unpaired) electrons. The number of nitrogens with zero attached hydrogens (tertiary/aromatic N) is 2. The van der Waals surface area contributed by atoms with Gasteiger partial charge >= 0.3 is 0 Å². The molecule has 2 aliphatic carbocycles. The minimum atomic E-state index is -0.313. The number of hydrogen-bond donors (Lipinski definition) is 1. The number of amides is 1. The van der Waals surface area contributed by atoms with Crippen molar-refractivity contribution in [3.8, 4) is 17.0 Å².